The van der Waals surface area contributed by atoms with Gasteiger partial charge in [0, 0.05) is 9.17 Å². The Morgan fingerprint density at radius 1 is 1.10 bits per heavy atom. The number of rotatable bonds is 3. The van der Waals surface area contributed by atoms with Crippen LogP contribution in [0.1, 0.15) is 22.7 Å². The molecule has 0 aliphatic rings. The van der Waals surface area contributed by atoms with Crippen LogP contribution in [-0.2, 0) is 0 Å². The van der Waals surface area contributed by atoms with Gasteiger partial charge in [0.2, 0.25) is 0 Å². The minimum Gasteiger partial charge on any atom is -0.309 e. The standard InChI is InChI=1S/C17H16BrNS/c1-11-7-8-15(18)13(9-11)17(19-2)14-10-20-16-6-4-3-5-12(14)16/h3-10,17,19H,1-2H3. The number of nitrogens with one attached hydrogen (secondary N) is 1. The predicted octanol–water partition coefficient (Wildman–Crippen LogP) is 5.28. The molecular weight excluding hydrogens is 330 g/mol. The molecule has 20 heavy (non-hydrogen) atoms. The van der Waals surface area contributed by atoms with E-state index in [0.29, 0.717) is 0 Å². The van der Waals surface area contributed by atoms with Crippen LogP contribution >= 0.6 is 27.3 Å². The Morgan fingerprint density at radius 3 is 2.70 bits per heavy atom. The fourth-order valence-electron chi connectivity index (χ4n) is 2.58. The van der Waals surface area contributed by atoms with E-state index in [4.69, 9.17) is 0 Å². The summed E-state index contributed by atoms with van der Waals surface area (Å²) in [4.78, 5) is 0. The topological polar surface area (TPSA) is 12.0 Å². The molecule has 2 aromatic carbocycles. The molecule has 0 aliphatic heterocycles. The molecule has 1 atom stereocenters. The zero-order valence-electron chi connectivity index (χ0n) is 11.5. The summed E-state index contributed by atoms with van der Waals surface area (Å²) in [6.45, 7) is 2.13. The van der Waals surface area contributed by atoms with Crippen LogP contribution in [0, 0.1) is 6.92 Å². The molecule has 1 unspecified atom stereocenters. The van der Waals surface area contributed by atoms with Gasteiger partial charge in [-0.05, 0) is 48.0 Å². The average molecular weight is 346 g/mol. The van der Waals surface area contributed by atoms with Crippen molar-refractivity contribution in [3.8, 4) is 0 Å². The third-order valence-electron chi connectivity index (χ3n) is 3.57. The maximum atomic E-state index is 3.68. The van der Waals surface area contributed by atoms with Gasteiger partial charge in [-0.3, -0.25) is 0 Å². The van der Waals surface area contributed by atoms with Gasteiger partial charge in [0.1, 0.15) is 0 Å². The summed E-state index contributed by atoms with van der Waals surface area (Å²) in [5.74, 6) is 0. The Balaban J connectivity index is 2.16. The molecule has 0 amide bonds. The Kier molecular flexibility index (Phi) is 3.92. The monoisotopic (exact) mass is 345 g/mol. The van der Waals surface area contributed by atoms with Crippen molar-refractivity contribution in [2.75, 3.05) is 7.05 Å². The summed E-state index contributed by atoms with van der Waals surface area (Å²) in [5.41, 5.74) is 3.92. The highest BCUT2D eigenvalue weighted by molar-refractivity contribution is 9.10. The lowest BCUT2D eigenvalue weighted by Crippen LogP contribution is -2.17. The lowest BCUT2D eigenvalue weighted by atomic mass is 9.97. The molecule has 1 aromatic heterocycles. The number of hydrogen-bond donors (Lipinski definition) is 1. The van der Waals surface area contributed by atoms with Gasteiger partial charge in [0.05, 0.1) is 6.04 Å². The first-order chi connectivity index (χ1) is 9.70. The van der Waals surface area contributed by atoms with E-state index in [0.717, 1.165) is 4.47 Å². The molecule has 0 saturated heterocycles. The number of fused-ring (bicyclic) bond motifs is 1. The minimum atomic E-state index is 0.209. The van der Waals surface area contributed by atoms with Gasteiger partial charge in [-0.1, -0.05) is 51.8 Å². The van der Waals surface area contributed by atoms with Crippen LogP contribution in [0.5, 0.6) is 0 Å². The summed E-state index contributed by atoms with van der Waals surface area (Å²) in [6, 6.07) is 15.3. The molecule has 3 aromatic rings. The molecule has 0 saturated carbocycles. The van der Waals surface area contributed by atoms with E-state index >= 15 is 0 Å². The van der Waals surface area contributed by atoms with Crippen molar-refractivity contribution < 1.29 is 0 Å². The maximum absolute atomic E-state index is 3.68. The maximum Gasteiger partial charge on any atom is 0.0599 e. The Bertz CT molecular complexity index is 748. The molecule has 1 nitrogen and oxygen atoms in total. The minimum absolute atomic E-state index is 0.209. The highest BCUT2D eigenvalue weighted by Crippen LogP contribution is 2.36. The Labute approximate surface area is 131 Å². The smallest absolute Gasteiger partial charge is 0.0599 e. The fraction of sp³-hybridized carbons (Fsp3) is 0.176. The van der Waals surface area contributed by atoms with Crippen LogP contribution < -0.4 is 5.32 Å². The molecule has 3 rings (SSSR count). The SMILES string of the molecule is CNC(c1cc(C)ccc1Br)c1csc2ccccc12. The van der Waals surface area contributed by atoms with Crippen LogP contribution in [0.4, 0.5) is 0 Å². The van der Waals surface area contributed by atoms with Crippen molar-refractivity contribution in [1.29, 1.82) is 0 Å². The molecule has 1 N–H and O–H groups in total. The quantitative estimate of drug-likeness (QED) is 0.680. The van der Waals surface area contributed by atoms with E-state index in [1.165, 1.54) is 26.8 Å². The van der Waals surface area contributed by atoms with E-state index in [2.05, 4.69) is 76.0 Å². The average Bonchev–Trinajstić information content (AvgIpc) is 2.88. The normalized spacial score (nSPS) is 12.8. The molecule has 0 aliphatic carbocycles. The second-order valence-corrected chi connectivity index (χ2v) is 6.70. The van der Waals surface area contributed by atoms with Gasteiger partial charge in [0.15, 0.2) is 0 Å². The van der Waals surface area contributed by atoms with E-state index in [1.54, 1.807) is 0 Å². The van der Waals surface area contributed by atoms with Crippen LogP contribution in [0.2, 0.25) is 0 Å². The second kappa shape index (κ2) is 5.68. The summed E-state index contributed by atoms with van der Waals surface area (Å²) in [5, 5.41) is 7.06. The van der Waals surface area contributed by atoms with Crippen LogP contribution in [0.3, 0.4) is 0 Å². The van der Waals surface area contributed by atoms with Crippen molar-refractivity contribution in [2.45, 2.75) is 13.0 Å². The van der Waals surface area contributed by atoms with Gasteiger partial charge in [-0.15, -0.1) is 11.3 Å². The summed E-state index contributed by atoms with van der Waals surface area (Å²) < 4.78 is 2.49. The molecule has 102 valence electrons. The number of benzene rings is 2. The highest BCUT2D eigenvalue weighted by Gasteiger charge is 2.18. The third kappa shape index (κ3) is 2.41. The van der Waals surface area contributed by atoms with Crippen LogP contribution in [-0.4, -0.2) is 7.05 Å². The van der Waals surface area contributed by atoms with Gasteiger partial charge in [-0.25, -0.2) is 0 Å². The number of halogens is 1. The largest absolute Gasteiger partial charge is 0.309 e. The first-order valence-electron chi connectivity index (χ1n) is 6.60. The number of hydrogen-bond acceptors (Lipinski definition) is 2. The van der Waals surface area contributed by atoms with E-state index < -0.39 is 0 Å². The highest BCUT2D eigenvalue weighted by atomic mass is 79.9. The van der Waals surface area contributed by atoms with E-state index in [-0.39, 0.29) is 6.04 Å². The van der Waals surface area contributed by atoms with Gasteiger partial charge in [-0.2, -0.15) is 0 Å². The first kappa shape index (κ1) is 13.8. The Hall–Kier alpha value is -1.16. The molecule has 3 heteroatoms. The molecule has 1 heterocycles. The van der Waals surface area contributed by atoms with Crippen LogP contribution in [0.15, 0.2) is 52.3 Å². The van der Waals surface area contributed by atoms with Crippen LogP contribution in [0.25, 0.3) is 10.1 Å². The lowest BCUT2D eigenvalue weighted by molar-refractivity contribution is 0.695. The molecule has 0 radical (unpaired) electrons. The molecule has 0 spiro atoms. The van der Waals surface area contributed by atoms with Crippen molar-refractivity contribution in [2.24, 2.45) is 0 Å². The molecular formula is C17H16BrNS. The molecule has 0 fully saturated rings. The third-order valence-corrected chi connectivity index (χ3v) is 5.28. The van der Waals surface area contributed by atoms with Gasteiger partial charge >= 0.3 is 0 Å². The van der Waals surface area contributed by atoms with Gasteiger partial charge in [0.25, 0.3) is 0 Å². The van der Waals surface area contributed by atoms with Crippen molar-refractivity contribution in [3.05, 3.63) is 69.0 Å². The number of thiophene rings is 1. The summed E-state index contributed by atoms with van der Waals surface area (Å²) in [7, 11) is 2.02. The number of aryl methyl sites for hydroxylation is 1. The van der Waals surface area contributed by atoms with Crippen molar-refractivity contribution in [1.82, 2.24) is 5.32 Å². The zero-order valence-corrected chi connectivity index (χ0v) is 13.9. The van der Waals surface area contributed by atoms with E-state index in [1.807, 2.05) is 18.4 Å². The zero-order chi connectivity index (χ0) is 14.1. The fourth-order valence-corrected chi connectivity index (χ4v) is 4.05. The van der Waals surface area contributed by atoms with Crippen molar-refractivity contribution >= 4 is 37.4 Å². The van der Waals surface area contributed by atoms with E-state index in [9.17, 15) is 0 Å². The predicted molar refractivity (Wildman–Crippen MR) is 91.6 cm³/mol. The summed E-state index contributed by atoms with van der Waals surface area (Å²) in [6.07, 6.45) is 0. The van der Waals surface area contributed by atoms with Crippen molar-refractivity contribution in [3.63, 3.8) is 0 Å². The lowest BCUT2D eigenvalue weighted by Gasteiger charge is -2.18. The second-order valence-electron chi connectivity index (χ2n) is 4.93. The molecule has 0 bridgehead atoms. The van der Waals surface area contributed by atoms with Gasteiger partial charge < -0.3 is 5.32 Å². The first-order valence-corrected chi connectivity index (χ1v) is 8.27. The summed E-state index contributed by atoms with van der Waals surface area (Å²) >= 11 is 5.49. The Morgan fingerprint density at radius 2 is 1.90 bits per heavy atom.